The van der Waals surface area contributed by atoms with E-state index in [1.165, 1.54) is 0 Å². The van der Waals surface area contributed by atoms with E-state index in [1.54, 1.807) is 12.3 Å². The van der Waals surface area contributed by atoms with Gasteiger partial charge in [0.1, 0.15) is 11.8 Å². The highest BCUT2D eigenvalue weighted by Crippen LogP contribution is 2.22. The summed E-state index contributed by atoms with van der Waals surface area (Å²) in [6.45, 7) is 0.553. The van der Waals surface area contributed by atoms with E-state index >= 15 is 0 Å². The van der Waals surface area contributed by atoms with Crippen LogP contribution in [0.5, 0.6) is 0 Å². The summed E-state index contributed by atoms with van der Waals surface area (Å²) in [5.74, 6) is -3.47. The van der Waals surface area contributed by atoms with Crippen LogP contribution in [0.1, 0.15) is 32.1 Å². The van der Waals surface area contributed by atoms with Crippen LogP contribution in [0.15, 0.2) is 41.1 Å². The molecule has 2 heterocycles. The Hall–Kier alpha value is -3.05. The number of carbonyl (C=O) groups excluding carboxylic acids is 2. The summed E-state index contributed by atoms with van der Waals surface area (Å²) in [7, 11) is 0. The number of furan rings is 1. The first-order valence-corrected chi connectivity index (χ1v) is 11.2. The van der Waals surface area contributed by atoms with E-state index in [1.807, 2.05) is 29.0 Å². The normalized spacial score (nSPS) is 13.8. The number of Topliss-reactive ketones (excluding diaryl/α,β-unsaturated/α-hetero) is 1. The molecule has 3 unspecified atom stereocenters. The first kappa shape index (κ1) is 26.2. The van der Waals surface area contributed by atoms with Crippen LogP contribution in [0.2, 0.25) is 0 Å². The van der Waals surface area contributed by atoms with E-state index in [-0.39, 0.29) is 31.4 Å². The van der Waals surface area contributed by atoms with Gasteiger partial charge in [0.15, 0.2) is 5.78 Å². The maximum Gasteiger partial charge on any atom is 0.320 e. The summed E-state index contributed by atoms with van der Waals surface area (Å²) >= 11 is 4.08. The van der Waals surface area contributed by atoms with Gasteiger partial charge in [0.2, 0.25) is 5.91 Å². The summed E-state index contributed by atoms with van der Waals surface area (Å²) in [6, 6.07) is 5.27. The minimum Gasteiger partial charge on any atom is -0.481 e. The molecule has 33 heavy (non-hydrogen) atoms. The van der Waals surface area contributed by atoms with E-state index < -0.39 is 41.6 Å². The number of aryl methyl sites for hydroxylation is 1. The van der Waals surface area contributed by atoms with E-state index in [0.717, 1.165) is 5.69 Å². The molecule has 3 atom stereocenters. The molecule has 180 valence electrons. The third kappa shape index (κ3) is 8.10. The van der Waals surface area contributed by atoms with Gasteiger partial charge in [-0.25, -0.2) is 0 Å². The third-order valence-electron chi connectivity index (χ3n) is 5.26. The molecule has 2 aromatic rings. The second kappa shape index (κ2) is 12.9. The Balaban J connectivity index is 1.86. The molecular weight excluding hydrogens is 450 g/mol. The van der Waals surface area contributed by atoms with Crippen molar-refractivity contribution in [2.45, 2.75) is 50.7 Å². The lowest BCUT2D eigenvalue weighted by Crippen LogP contribution is -2.44. The second-order valence-electron chi connectivity index (χ2n) is 7.70. The Morgan fingerprint density at radius 3 is 2.48 bits per heavy atom. The molecule has 5 N–H and O–H groups in total. The van der Waals surface area contributed by atoms with Crippen LogP contribution < -0.4 is 11.1 Å². The van der Waals surface area contributed by atoms with Gasteiger partial charge in [-0.1, -0.05) is 0 Å². The third-order valence-corrected chi connectivity index (χ3v) is 5.62. The number of ketones is 1. The maximum absolute atomic E-state index is 12.6. The molecule has 0 aliphatic carbocycles. The molecule has 0 saturated carbocycles. The quantitative estimate of drug-likeness (QED) is 0.241. The summed E-state index contributed by atoms with van der Waals surface area (Å²) in [4.78, 5) is 47.1. The highest BCUT2D eigenvalue weighted by atomic mass is 32.1. The number of nitrogens with zero attached hydrogens (tertiary/aromatic N) is 1. The first-order valence-electron chi connectivity index (χ1n) is 10.6. The van der Waals surface area contributed by atoms with E-state index in [4.69, 9.17) is 15.3 Å². The summed E-state index contributed by atoms with van der Waals surface area (Å²) in [5, 5.41) is 20.8. The van der Waals surface area contributed by atoms with Crippen LogP contribution in [-0.4, -0.2) is 56.2 Å². The number of hydrogen-bond acceptors (Lipinski definition) is 7. The number of aromatic nitrogens is 1. The standard InChI is InChI=1S/C22H29N3O7S/c23-15(22(30)31)7-8-20(27)24-16(13-33)18(26)12-14(21(28)29)4-1-9-25-10-2-5-17(25)19-6-3-11-32-19/h2-3,5-6,10-11,14-16,33H,1,4,7-9,12-13,23H2,(H,24,27)(H,28,29)(H,30,31). The van der Waals surface area contributed by atoms with Crippen molar-refractivity contribution in [3.05, 3.63) is 36.7 Å². The van der Waals surface area contributed by atoms with Gasteiger partial charge < -0.3 is 30.2 Å². The van der Waals surface area contributed by atoms with Crippen molar-refractivity contribution in [2.75, 3.05) is 5.75 Å². The molecule has 10 nitrogen and oxygen atoms in total. The van der Waals surface area contributed by atoms with E-state index in [9.17, 15) is 24.3 Å². The highest BCUT2D eigenvalue weighted by molar-refractivity contribution is 7.80. The fourth-order valence-corrected chi connectivity index (χ4v) is 3.66. The van der Waals surface area contributed by atoms with Crippen LogP contribution in [-0.2, 0) is 25.7 Å². The predicted octanol–water partition coefficient (Wildman–Crippen LogP) is 1.79. The summed E-state index contributed by atoms with van der Waals surface area (Å²) < 4.78 is 7.37. The van der Waals surface area contributed by atoms with Gasteiger partial charge in [-0.3, -0.25) is 19.2 Å². The van der Waals surface area contributed by atoms with Gasteiger partial charge in [0.25, 0.3) is 0 Å². The molecule has 0 radical (unpaired) electrons. The lowest BCUT2D eigenvalue weighted by atomic mass is 9.94. The number of thiol groups is 1. The van der Waals surface area contributed by atoms with Crippen LogP contribution >= 0.6 is 12.6 Å². The molecule has 2 rings (SSSR count). The fraction of sp³-hybridized carbons (Fsp3) is 0.455. The average molecular weight is 480 g/mol. The number of amides is 1. The van der Waals surface area contributed by atoms with Gasteiger partial charge in [-0.2, -0.15) is 12.6 Å². The monoisotopic (exact) mass is 479 g/mol. The van der Waals surface area contributed by atoms with Crippen LogP contribution in [0, 0.1) is 5.92 Å². The lowest BCUT2D eigenvalue weighted by molar-refractivity contribution is -0.144. The lowest BCUT2D eigenvalue weighted by Gasteiger charge is -2.19. The Morgan fingerprint density at radius 1 is 1.12 bits per heavy atom. The van der Waals surface area contributed by atoms with Crippen molar-refractivity contribution in [3.63, 3.8) is 0 Å². The van der Waals surface area contributed by atoms with Gasteiger partial charge >= 0.3 is 11.9 Å². The van der Waals surface area contributed by atoms with Gasteiger partial charge in [-0.15, -0.1) is 0 Å². The molecule has 0 saturated heterocycles. The van der Waals surface area contributed by atoms with Crippen molar-refractivity contribution in [2.24, 2.45) is 11.7 Å². The molecular formula is C22H29N3O7S. The molecule has 11 heteroatoms. The number of carboxylic acids is 2. The number of rotatable bonds is 15. The number of carbonyl (C=O) groups is 4. The van der Waals surface area contributed by atoms with Crippen molar-refractivity contribution in [1.29, 1.82) is 0 Å². The van der Waals surface area contributed by atoms with Crippen molar-refractivity contribution in [1.82, 2.24) is 9.88 Å². The number of carboxylic acid groups (broad SMARTS) is 2. The number of nitrogens with two attached hydrogens (primary N) is 1. The highest BCUT2D eigenvalue weighted by Gasteiger charge is 2.27. The van der Waals surface area contributed by atoms with Gasteiger partial charge in [0, 0.05) is 31.3 Å². The number of aliphatic carboxylic acids is 2. The zero-order valence-electron chi connectivity index (χ0n) is 18.1. The topological polar surface area (TPSA) is 165 Å². The van der Waals surface area contributed by atoms with Crippen LogP contribution in [0.25, 0.3) is 11.5 Å². The molecule has 0 spiro atoms. The smallest absolute Gasteiger partial charge is 0.320 e. The molecule has 0 aliphatic rings. The Labute approximate surface area is 196 Å². The van der Waals surface area contributed by atoms with Crippen LogP contribution in [0.4, 0.5) is 0 Å². The van der Waals surface area contributed by atoms with E-state index in [2.05, 4.69) is 17.9 Å². The SMILES string of the molecule is NC(CCC(=O)NC(CS)C(=O)CC(CCCn1cccc1-c1ccco1)C(=O)O)C(=O)O. The van der Waals surface area contributed by atoms with Crippen molar-refractivity contribution < 1.29 is 33.8 Å². The average Bonchev–Trinajstić information content (AvgIpc) is 3.46. The summed E-state index contributed by atoms with van der Waals surface area (Å²) in [5.41, 5.74) is 6.25. The fourth-order valence-electron chi connectivity index (χ4n) is 3.37. The largest absolute Gasteiger partial charge is 0.481 e. The predicted molar refractivity (Wildman–Crippen MR) is 123 cm³/mol. The Morgan fingerprint density at radius 2 is 1.88 bits per heavy atom. The van der Waals surface area contributed by atoms with Gasteiger partial charge in [0.05, 0.1) is 23.9 Å². The zero-order chi connectivity index (χ0) is 24.4. The van der Waals surface area contributed by atoms with Gasteiger partial charge in [-0.05, 0) is 43.5 Å². The summed E-state index contributed by atoms with van der Waals surface area (Å²) in [6.07, 6.45) is 3.77. The first-order chi connectivity index (χ1) is 15.7. The Kier molecular flexibility index (Phi) is 10.2. The second-order valence-corrected chi connectivity index (χ2v) is 8.06. The maximum atomic E-state index is 12.6. The van der Waals surface area contributed by atoms with Crippen molar-refractivity contribution in [3.8, 4) is 11.5 Å². The van der Waals surface area contributed by atoms with E-state index in [0.29, 0.717) is 18.7 Å². The molecule has 1 amide bonds. The minimum atomic E-state index is -1.22. The number of hydrogen-bond donors (Lipinski definition) is 5. The van der Waals surface area contributed by atoms with Crippen molar-refractivity contribution >= 4 is 36.3 Å². The zero-order valence-corrected chi connectivity index (χ0v) is 18.9. The Bertz CT molecular complexity index is 942. The number of nitrogens with one attached hydrogen (secondary N) is 1. The minimum absolute atomic E-state index is 0.00221. The molecule has 2 aromatic heterocycles. The van der Waals surface area contributed by atoms with Crippen LogP contribution in [0.3, 0.4) is 0 Å². The molecule has 0 bridgehead atoms. The molecule has 0 fully saturated rings. The molecule has 0 aromatic carbocycles. The molecule has 0 aliphatic heterocycles.